The average molecular weight is 463 g/mol. The van der Waals surface area contributed by atoms with Gasteiger partial charge in [-0.25, -0.2) is 9.78 Å². The number of imidazole rings is 1. The Morgan fingerprint density at radius 3 is 2.31 bits per heavy atom. The monoisotopic (exact) mass is 462 g/mol. The molecule has 6 nitrogen and oxygen atoms in total. The van der Waals surface area contributed by atoms with Crippen LogP contribution in [0.1, 0.15) is 11.4 Å². The van der Waals surface area contributed by atoms with E-state index in [2.05, 4.69) is 39.5 Å². The summed E-state index contributed by atoms with van der Waals surface area (Å²) in [7, 11) is 1.60. The first-order chi connectivity index (χ1) is 17.2. The van der Waals surface area contributed by atoms with Crippen molar-refractivity contribution in [1.82, 2.24) is 9.55 Å². The third-order valence-corrected chi connectivity index (χ3v) is 5.79. The fourth-order valence-electron chi connectivity index (χ4n) is 4.16. The highest BCUT2D eigenvalue weighted by Crippen LogP contribution is 2.23. The Morgan fingerprint density at radius 2 is 1.51 bits per heavy atom. The number of para-hydroxylation sites is 3. The molecule has 1 heterocycles. The fraction of sp³-hybridized carbons (Fsp3) is 0.103. The van der Waals surface area contributed by atoms with Crippen LogP contribution in [0.2, 0.25) is 0 Å². The topological polar surface area (TPSA) is 68.2 Å². The number of rotatable bonds is 7. The number of fused-ring (bicyclic) bond motifs is 1. The second-order valence-corrected chi connectivity index (χ2v) is 8.20. The van der Waals surface area contributed by atoms with E-state index in [-0.39, 0.29) is 6.03 Å². The van der Waals surface area contributed by atoms with Crippen LogP contribution in [0.5, 0.6) is 5.75 Å². The number of methoxy groups -OCH3 is 1. The summed E-state index contributed by atoms with van der Waals surface area (Å²) in [4.78, 5) is 17.4. The Hall–Kier alpha value is -4.58. The first-order valence-electron chi connectivity index (χ1n) is 11.5. The van der Waals surface area contributed by atoms with Gasteiger partial charge in [0.05, 0.1) is 18.1 Å². The SMILES string of the molecule is COc1cccc(NC(=O)Nc2cccc(CCc3nc4ccccc4n3-c3ccccc3)c2)c1. The van der Waals surface area contributed by atoms with E-state index in [1.807, 2.05) is 72.8 Å². The lowest BCUT2D eigenvalue weighted by molar-refractivity contribution is 0.262. The Kier molecular flexibility index (Phi) is 6.44. The zero-order valence-electron chi connectivity index (χ0n) is 19.4. The van der Waals surface area contributed by atoms with Gasteiger partial charge >= 0.3 is 6.03 Å². The lowest BCUT2D eigenvalue weighted by Gasteiger charge is -2.11. The predicted molar refractivity (Wildman–Crippen MR) is 141 cm³/mol. The zero-order chi connectivity index (χ0) is 24.0. The second-order valence-electron chi connectivity index (χ2n) is 8.20. The second kappa shape index (κ2) is 10.1. The van der Waals surface area contributed by atoms with Gasteiger partial charge in [-0.3, -0.25) is 4.57 Å². The van der Waals surface area contributed by atoms with E-state index in [0.29, 0.717) is 11.4 Å². The number of urea groups is 1. The van der Waals surface area contributed by atoms with Crippen LogP contribution in [0.15, 0.2) is 103 Å². The number of benzene rings is 4. The first-order valence-corrected chi connectivity index (χ1v) is 11.5. The van der Waals surface area contributed by atoms with Crippen LogP contribution in [0, 0.1) is 0 Å². The normalized spacial score (nSPS) is 10.8. The van der Waals surface area contributed by atoms with Gasteiger partial charge in [0.25, 0.3) is 0 Å². The summed E-state index contributed by atoms with van der Waals surface area (Å²) >= 11 is 0. The molecule has 0 atom stereocenters. The quantitative estimate of drug-likeness (QED) is 0.292. The summed E-state index contributed by atoms with van der Waals surface area (Å²) < 4.78 is 7.43. The molecule has 0 saturated carbocycles. The van der Waals surface area contributed by atoms with Crippen LogP contribution in [-0.4, -0.2) is 22.7 Å². The molecular weight excluding hydrogens is 436 g/mol. The molecule has 35 heavy (non-hydrogen) atoms. The number of amides is 2. The number of carbonyl (C=O) groups excluding carboxylic acids is 1. The van der Waals surface area contributed by atoms with Crippen LogP contribution in [0.4, 0.5) is 16.2 Å². The number of nitrogens with zero attached hydrogens (tertiary/aromatic N) is 2. The molecule has 0 aliphatic rings. The van der Waals surface area contributed by atoms with Crippen LogP contribution < -0.4 is 15.4 Å². The highest BCUT2D eigenvalue weighted by atomic mass is 16.5. The molecule has 0 aliphatic carbocycles. The van der Waals surface area contributed by atoms with Gasteiger partial charge in [0.2, 0.25) is 0 Å². The van der Waals surface area contributed by atoms with E-state index in [1.54, 1.807) is 13.2 Å². The van der Waals surface area contributed by atoms with Gasteiger partial charge in [-0.2, -0.15) is 0 Å². The molecule has 2 amide bonds. The van der Waals surface area contributed by atoms with Crippen molar-refractivity contribution in [3.8, 4) is 11.4 Å². The maximum absolute atomic E-state index is 12.5. The lowest BCUT2D eigenvalue weighted by atomic mass is 10.1. The number of nitrogens with one attached hydrogen (secondary N) is 2. The zero-order valence-corrected chi connectivity index (χ0v) is 19.4. The Labute approximate surface area is 204 Å². The van der Waals surface area contributed by atoms with Gasteiger partial charge in [-0.15, -0.1) is 0 Å². The minimum Gasteiger partial charge on any atom is -0.497 e. The van der Waals surface area contributed by atoms with Crippen LogP contribution >= 0.6 is 0 Å². The number of aromatic nitrogens is 2. The molecule has 0 bridgehead atoms. The minimum atomic E-state index is -0.304. The molecule has 5 rings (SSSR count). The summed E-state index contributed by atoms with van der Waals surface area (Å²) in [5.41, 5.74) is 5.70. The summed E-state index contributed by atoms with van der Waals surface area (Å²) in [6.45, 7) is 0. The lowest BCUT2D eigenvalue weighted by Crippen LogP contribution is -2.19. The van der Waals surface area contributed by atoms with Gasteiger partial charge in [-0.05, 0) is 60.5 Å². The molecule has 0 spiro atoms. The molecule has 0 aliphatic heterocycles. The van der Waals surface area contributed by atoms with E-state index < -0.39 is 0 Å². The van der Waals surface area contributed by atoms with E-state index in [1.165, 1.54) is 0 Å². The third-order valence-electron chi connectivity index (χ3n) is 5.79. The molecule has 6 heteroatoms. The molecule has 4 aromatic carbocycles. The van der Waals surface area contributed by atoms with Gasteiger partial charge in [-0.1, -0.05) is 48.5 Å². The third kappa shape index (κ3) is 5.17. The van der Waals surface area contributed by atoms with Gasteiger partial charge in [0.15, 0.2) is 0 Å². The van der Waals surface area contributed by atoms with Gasteiger partial charge in [0.1, 0.15) is 11.6 Å². The van der Waals surface area contributed by atoms with Crippen molar-refractivity contribution >= 4 is 28.4 Å². The van der Waals surface area contributed by atoms with E-state index >= 15 is 0 Å². The highest BCUT2D eigenvalue weighted by Gasteiger charge is 2.12. The number of carbonyl (C=O) groups is 1. The fourth-order valence-corrected chi connectivity index (χ4v) is 4.16. The van der Waals surface area contributed by atoms with E-state index in [4.69, 9.17) is 9.72 Å². The summed E-state index contributed by atoms with van der Waals surface area (Å²) in [5.74, 6) is 1.69. The number of anilines is 2. The Morgan fingerprint density at radius 1 is 0.800 bits per heavy atom. The molecule has 174 valence electrons. The predicted octanol–water partition coefficient (Wildman–Crippen LogP) is 6.46. The van der Waals surface area contributed by atoms with Gasteiger partial charge < -0.3 is 15.4 Å². The molecular formula is C29H26N4O2. The average Bonchev–Trinajstić information content (AvgIpc) is 3.26. The minimum absolute atomic E-state index is 0.304. The number of hydrogen-bond donors (Lipinski definition) is 2. The van der Waals surface area contributed by atoms with Crippen molar-refractivity contribution in [3.05, 3.63) is 115 Å². The molecule has 0 saturated heterocycles. The maximum atomic E-state index is 12.5. The maximum Gasteiger partial charge on any atom is 0.323 e. The molecule has 1 aromatic heterocycles. The van der Waals surface area contributed by atoms with Crippen molar-refractivity contribution in [2.45, 2.75) is 12.8 Å². The van der Waals surface area contributed by atoms with Crippen molar-refractivity contribution in [2.24, 2.45) is 0 Å². The van der Waals surface area contributed by atoms with Crippen LogP contribution in [0.3, 0.4) is 0 Å². The number of hydrogen-bond acceptors (Lipinski definition) is 3. The largest absolute Gasteiger partial charge is 0.497 e. The summed E-state index contributed by atoms with van der Waals surface area (Å²) in [6, 6.07) is 33.4. The van der Waals surface area contributed by atoms with Crippen molar-refractivity contribution in [2.75, 3.05) is 17.7 Å². The van der Waals surface area contributed by atoms with Crippen molar-refractivity contribution in [3.63, 3.8) is 0 Å². The molecule has 0 radical (unpaired) electrons. The van der Waals surface area contributed by atoms with E-state index in [0.717, 1.165) is 46.6 Å². The van der Waals surface area contributed by atoms with Crippen LogP contribution in [0.25, 0.3) is 16.7 Å². The first kappa shape index (κ1) is 22.2. The highest BCUT2D eigenvalue weighted by molar-refractivity contribution is 5.99. The number of ether oxygens (including phenoxy) is 1. The summed E-state index contributed by atoms with van der Waals surface area (Å²) in [6.07, 6.45) is 1.56. The van der Waals surface area contributed by atoms with Crippen molar-refractivity contribution in [1.29, 1.82) is 0 Å². The van der Waals surface area contributed by atoms with Gasteiger partial charge in [0, 0.05) is 29.5 Å². The van der Waals surface area contributed by atoms with E-state index in [9.17, 15) is 4.79 Å². The molecule has 0 fully saturated rings. The molecule has 5 aromatic rings. The molecule has 2 N–H and O–H groups in total. The standard InChI is InChI=1S/C29H26N4O2/c1-35-25-14-8-11-23(20-25)31-29(34)30-22-10-7-9-21(19-22)17-18-28-32-26-15-5-6-16-27(26)33(28)24-12-3-2-4-13-24/h2-16,19-20H,17-18H2,1H3,(H2,30,31,34). The Balaban J connectivity index is 1.30. The smallest absolute Gasteiger partial charge is 0.323 e. The number of aryl methyl sites for hydroxylation is 2. The Bertz CT molecular complexity index is 1460. The van der Waals surface area contributed by atoms with Crippen LogP contribution in [-0.2, 0) is 12.8 Å². The van der Waals surface area contributed by atoms with Crippen molar-refractivity contribution < 1.29 is 9.53 Å². The molecule has 0 unspecified atom stereocenters. The summed E-state index contributed by atoms with van der Waals surface area (Å²) in [5, 5.41) is 5.75.